The number of hydrogen-bond donors (Lipinski definition) is 1. The summed E-state index contributed by atoms with van der Waals surface area (Å²) in [5.41, 5.74) is 2.12. The normalized spacial score (nSPS) is 15.8. The Morgan fingerprint density at radius 1 is 1.40 bits per heavy atom. The molecular formula is C15H19N3O2. The quantitative estimate of drug-likeness (QED) is 0.865. The van der Waals surface area contributed by atoms with Crippen molar-refractivity contribution in [2.24, 2.45) is 0 Å². The molecule has 0 spiro atoms. The van der Waals surface area contributed by atoms with E-state index in [9.17, 15) is 4.79 Å². The summed E-state index contributed by atoms with van der Waals surface area (Å²) in [6, 6.07) is 5.53. The largest absolute Gasteiger partial charge is 0.465 e. The zero-order valence-corrected chi connectivity index (χ0v) is 11.7. The van der Waals surface area contributed by atoms with E-state index >= 15 is 0 Å². The van der Waals surface area contributed by atoms with E-state index in [4.69, 9.17) is 4.74 Å². The Kier molecular flexibility index (Phi) is 3.69. The molecule has 1 aliphatic heterocycles. The number of likely N-dealkylation sites (tertiary alicyclic amines) is 1. The van der Waals surface area contributed by atoms with Gasteiger partial charge in [0.1, 0.15) is 11.3 Å². The molecule has 1 N–H and O–H groups in total. The molecule has 2 aromatic rings. The number of benzene rings is 1. The van der Waals surface area contributed by atoms with Gasteiger partial charge in [-0.25, -0.2) is 9.78 Å². The van der Waals surface area contributed by atoms with Crippen LogP contribution >= 0.6 is 0 Å². The highest BCUT2D eigenvalue weighted by molar-refractivity contribution is 6.01. The third-order valence-corrected chi connectivity index (χ3v) is 3.83. The van der Waals surface area contributed by atoms with Crippen LogP contribution in [-0.2, 0) is 11.2 Å². The van der Waals surface area contributed by atoms with Crippen LogP contribution in [0.15, 0.2) is 18.2 Å². The zero-order chi connectivity index (χ0) is 13.9. The number of carbonyl (C=O) groups is 1. The molecule has 0 amide bonds. The van der Waals surface area contributed by atoms with Gasteiger partial charge in [-0.15, -0.1) is 0 Å². The number of imidazole rings is 1. The smallest absolute Gasteiger partial charge is 0.340 e. The van der Waals surface area contributed by atoms with Crippen LogP contribution in [0.5, 0.6) is 0 Å². The Hall–Kier alpha value is -1.88. The maximum atomic E-state index is 11.7. The molecule has 5 heteroatoms. The number of aromatic nitrogens is 2. The minimum absolute atomic E-state index is 0.340. The summed E-state index contributed by atoms with van der Waals surface area (Å²) in [5, 5.41) is 0. The fourth-order valence-corrected chi connectivity index (χ4v) is 2.75. The topological polar surface area (TPSA) is 58.2 Å². The second-order valence-corrected chi connectivity index (χ2v) is 5.18. The van der Waals surface area contributed by atoms with Crippen molar-refractivity contribution >= 4 is 17.0 Å². The van der Waals surface area contributed by atoms with Gasteiger partial charge in [-0.2, -0.15) is 0 Å². The number of methoxy groups -OCH3 is 1. The summed E-state index contributed by atoms with van der Waals surface area (Å²) in [6.45, 7) is 3.40. The van der Waals surface area contributed by atoms with Gasteiger partial charge in [-0.1, -0.05) is 6.07 Å². The molecule has 1 fully saturated rings. The number of nitrogens with zero attached hydrogens (tertiary/aromatic N) is 2. The number of nitrogens with one attached hydrogen (secondary N) is 1. The molecule has 1 aliphatic rings. The lowest BCUT2D eigenvalue weighted by molar-refractivity contribution is 0.0603. The van der Waals surface area contributed by atoms with Gasteiger partial charge in [0.05, 0.1) is 18.2 Å². The van der Waals surface area contributed by atoms with E-state index in [0.29, 0.717) is 11.1 Å². The van der Waals surface area contributed by atoms with Gasteiger partial charge < -0.3 is 14.6 Å². The Morgan fingerprint density at radius 3 is 2.95 bits per heavy atom. The van der Waals surface area contributed by atoms with Gasteiger partial charge in [-0.05, 0) is 38.1 Å². The number of hydrogen-bond acceptors (Lipinski definition) is 4. The van der Waals surface area contributed by atoms with E-state index in [2.05, 4.69) is 14.9 Å². The van der Waals surface area contributed by atoms with Crippen LogP contribution in [0.2, 0.25) is 0 Å². The average molecular weight is 273 g/mol. The number of fused-ring (bicyclic) bond motifs is 1. The number of para-hydroxylation sites is 1. The number of H-pyrrole nitrogens is 1. The summed E-state index contributed by atoms with van der Waals surface area (Å²) in [6.07, 6.45) is 3.48. The molecule has 1 aromatic carbocycles. The lowest BCUT2D eigenvalue weighted by atomic mass is 10.2. The van der Waals surface area contributed by atoms with Crippen molar-refractivity contribution in [3.63, 3.8) is 0 Å². The third kappa shape index (κ3) is 2.54. The van der Waals surface area contributed by atoms with E-state index in [-0.39, 0.29) is 5.97 Å². The van der Waals surface area contributed by atoms with Crippen LogP contribution in [-0.4, -0.2) is 47.6 Å². The molecule has 0 atom stereocenters. The second-order valence-electron chi connectivity index (χ2n) is 5.18. The predicted octanol–water partition coefficient (Wildman–Crippen LogP) is 1.99. The average Bonchev–Trinajstić information content (AvgIpc) is 3.12. The first-order valence-electron chi connectivity index (χ1n) is 7.06. The van der Waals surface area contributed by atoms with Crippen LogP contribution in [0.4, 0.5) is 0 Å². The highest BCUT2D eigenvalue weighted by atomic mass is 16.5. The SMILES string of the molecule is COC(=O)c1cccc2[nH]c(CCN3CCCC3)nc12. The molecule has 106 valence electrons. The predicted molar refractivity (Wildman–Crippen MR) is 76.8 cm³/mol. The van der Waals surface area contributed by atoms with E-state index in [0.717, 1.165) is 24.3 Å². The van der Waals surface area contributed by atoms with Gasteiger partial charge in [-0.3, -0.25) is 0 Å². The van der Waals surface area contributed by atoms with Crippen LogP contribution in [0.3, 0.4) is 0 Å². The third-order valence-electron chi connectivity index (χ3n) is 3.83. The number of aromatic amines is 1. The monoisotopic (exact) mass is 273 g/mol. The van der Waals surface area contributed by atoms with Crippen molar-refractivity contribution in [3.05, 3.63) is 29.6 Å². The van der Waals surface area contributed by atoms with Crippen molar-refractivity contribution in [2.45, 2.75) is 19.3 Å². The Morgan fingerprint density at radius 2 is 2.20 bits per heavy atom. The standard InChI is InChI=1S/C15H19N3O2/c1-20-15(19)11-5-4-6-12-14(11)17-13(16-12)7-10-18-8-2-3-9-18/h4-6H,2-3,7-10H2,1H3,(H,16,17). The molecule has 1 aromatic heterocycles. The zero-order valence-electron chi connectivity index (χ0n) is 11.7. The summed E-state index contributed by atoms with van der Waals surface area (Å²) >= 11 is 0. The lowest BCUT2D eigenvalue weighted by Crippen LogP contribution is -2.22. The number of ether oxygens (including phenoxy) is 1. The van der Waals surface area contributed by atoms with E-state index in [1.807, 2.05) is 12.1 Å². The Balaban J connectivity index is 1.80. The summed E-state index contributed by atoms with van der Waals surface area (Å²) in [5.74, 6) is 0.594. The fourth-order valence-electron chi connectivity index (χ4n) is 2.75. The van der Waals surface area contributed by atoms with Crippen LogP contribution in [0, 0.1) is 0 Å². The van der Waals surface area contributed by atoms with Crippen molar-refractivity contribution in [1.82, 2.24) is 14.9 Å². The minimum atomic E-state index is -0.340. The number of esters is 1. The highest BCUT2D eigenvalue weighted by Crippen LogP contribution is 2.18. The first-order valence-corrected chi connectivity index (χ1v) is 7.06. The fraction of sp³-hybridized carbons (Fsp3) is 0.467. The summed E-state index contributed by atoms with van der Waals surface area (Å²) < 4.78 is 4.79. The molecule has 5 nitrogen and oxygen atoms in total. The van der Waals surface area contributed by atoms with Gasteiger partial charge in [0, 0.05) is 13.0 Å². The molecule has 0 aliphatic carbocycles. The molecule has 2 heterocycles. The molecule has 1 saturated heterocycles. The highest BCUT2D eigenvalue weighted by Gasteiger charge is 2.15. The first kappa shape index (κ1) is 13.1. The van der Waals surface area contributed by atoms with Crippen LogP contribution in [0.1, 0.15) is 29.0 Å². The maximum Gasteiger partial charge on any atom is 0.340 e. The molecular weight excluding hydrogens is 254 g/mol. The van der Waals surface area contributed by atoms with Gasteiger partial charge in [0.25, 0.3) is 0 Å². The lowest BCUT2D eigenvalue weighted by Gasteiger charge is -2.12. The summed E-state index contributed by atoms with van der Waals surface area (Å²) in [7, 11) is 1.39. The molecule has 0 unspecified atom stereocenters. The molecule has 3 rings (SSSR count). The van der Waals surface area contributed by atoms with Gasteiger partial charge >= 0.3 is 5.97 Å². The van der Waals surface area contributed by atoms with E-state index in [1.165, 1.54) is 33.0 Å². The molecule has 0 bridgehead atoms. The minimum Gasteiger partial charge on any atom is -0.465 e. The van der Waals surface area contributed by atoms with Crippen LogP contribution < -0.4 is 0 Å². The van der Waals surface area contributed by atoms with Gasteiger partial charge in [0.2, 0.25) is 0 Å². The maximum absolute atomic E-state index is 11.7. The Labute approximate surface area is 117 Å². The van der Waals surface area contributed by atoms with E-state index in [1.54, 1.807) is 6.07 Å². The van der Waals surface area contributed by atoms with E-state index < -0.39 is 0 Å². The second kappa shape index (κ2) is 5.63. The Bertz CT molecular complexity index is 615. The number of rotatable bonds is 4. The summed E-state index contributed by atoms with van der Waals surface area (Å²) in [4.78, 5) is 22.0. The van der Waals surface area contributed by atoms with Crippen molar-refractivity contribution < 1.29 is 9.53 Å². The van der Waals surface area contributed by atoms with Crippen LogP contribution in [0.25, 0.3) is 11.0 Å². The van der Waals surface area contributed by atoms with Crippen molar-refractivity contribution in [3.8, 4) is 0 Å². The molecule has 20 heavy (non-hydrogen) atoms. The first-order chi connectivity index (χ1) is 9.78. The van der Waals surface area contributed by atoms with Crippen molar-refractivity contribution in [1.29, 1.82) is 0 Å². The number of carbonyl (C=O) groups excluding carboxylic acids is 1. The molecule has 0 radical (unpaired) electrons. The molecule has 0 saturated carbocycles. The van der Waals surface area contributed by atoms with Gasteiger partial charge in [0.15, 0.2) is 0 Å². The van der Waals surface area contributed by atoms with Crippen molar-refractivity contribution in [2.75, 3.05) is 26.7 Å².